The van der Waals surface area contributed by atoms with Gasteiger partial charge in [0.1, 0.15) is 24.9 Å². The Bertz CT molecular complexity index is 769. The highest BCUT2D eigenvalue weighted by Gasteiger charge is 2.49. The molecule has 1 aromatic carbocycles. The Hall–Kier alpha value is -2.62. The second-order valence-corrected chi connectivity index (χ2v) is 6.74. The van der Waals surface area contributed by atoms with Crippen molar-refractivity contribution in [2.75, 3.05) is 6.61 Å². The Morgan fingerprint density at radius 3 is 2.39 bits per heavy atom. The lowest BCUT2D eigenvalue weighted by Crippen LogP contribution is -2.58. The number of ether oxygens (including phenoxy) is 4. The lowest BCUT2D eigenvalue weighted by molar-refractivity contribution is -0.191. The molecular weight excluding hydrogens is 438 g/mol. The lowest BCUT2D eigenvalue weighted by Gasteiger charge is -2.41. The van der Waals surface area contributed by atoms with Crippen LogP contribution in [-0.4, -0.2) is 53.9 Å². The average molecular weight is 456 g/mol. The van der Waals surface area contributed by atoms with Crippen LogP contribution < -0.4 is 0 Å². The highest BCUT2D eigenvalue weighted by Crippen LogP contribution is 2.32. The van der Waals surface area contributed by atoms with E-state index < -0.39 is 47.3 Å². The molecule has 1 heterocycles. The van der Waals surface area contributed by atoms with Crippen molar-refractivity contribution in [3.05, 3.63) is 46.3 Å². The third kappa shape index (κ3) is 5.69. The van der Waals surface area contributed by atoms with Gasteiger partial charge in [0, 0.05) is 18.8 Å². The topological polar surface area (TPSA) is 137 Å². The summed E-state index contributed by atoms with van der Waals surface area (Å²) in [6.45, 7) is 2.14. The third-order valence-electron chi connectivity index (χ3n) is 3.79. The summed E-state index contributed by atoms with van der Waals surface area (Å²) in [5, 5.41) is 2.75. The minimum absolute atomic E-state index is 0.244. The van der Waals surface area contributed by atoms with Gasteiger partial charge in [0.2, 0.25) is 0 Å². The first-order chi connectivity index (χ1) is 13.3. The molecule has 0 radical (unpaired) electrons. The van der Waals surface area contributed by atoms with Gasteiger partial charge in [-0.15, -0.1) is 0 Å². The first kappa shape index (κ1) is 21.7. The fourth-order valence-corrected chi connectivity index (χ4v) is 3.33. The van der Waals surface area contributed by atoms with Gasteiger partial charge in [-0.1, -0.05) is 39.2 Å². The van der Waals surface area contributed by atoms with Gasteiger partial charge in [-0.3, -0.25) is 9.59 Å². The monoisotopic (exact) mass is 455 g/mol. The number of halogens is 1. The summed E-state index contributed by atoms with van der Waals surface area (Å²) in [5.74, 6) is -1.90. The minimum Gasteiger partial charge on any atom is -0.463 e. The maximum Gasteiger partial charge on any atom is 0.338 e. The number of hydrogen-bond donors (Lipinski definition) is 0. The molecule has 0 N–H and O–H groups in total. The van der Waals surface area contributed by atoms with Crippen LogP contribution in [0.3, 0.4) is 0 Å². The number of hydrogen-bond acceptors (Lipinski definition) is 8. The number of rotatable bonds is 6. The second-order valence-electron chi connectivity index (χ2n) is 5.83. The van der Waals surface area contributed by atoms with Gasteiger partial charge in [-0.2, -0.15) is 0 Å². The molecule has 0 aliphatic carbocycles. The van der Waals surface area contributed by atoms with Gasteiger partial charge in [-0.25, -0.2) is 4.79 Å². The summed E-state index contributed by atoms with van der Waals surface area (Å²) >= 11 is 3.24. The van der Waals surface area contributed by atoms with Crippen molar-refractivity contribution < 1.29 is 33.3 Å². The van der Waals surface area contributed by atoms with Gasteiger partial charge in [0.05, 0.1) is 5.56 Å². The van der Waals surface area contributed by atoms with E-state index in [1.54, 1.807) is 30.3 Å². The molecule has 1 aliphatic rings. The maximum atomic E-state index is 12.4. The second kappa shape index (κ2) is 10.1. The molecule has 0 aromatic heterocycles. The molecule has 0 amide bonds. The van der Waals surface area contributed by atoms with Crippen molar-refractivity contribution in [2.24, 2.45) is 5.11 Å². The van der Waals surface area contributed by atoms with E-state index in [0.29, 0.717) is 0 Å². The number of benzene rings is 1. The van der Waals surface area contributed by atoms with Crippen LogP contribution >= 0.6 is 15.9 Å². The predicted molar refractivity (Wildman–Crippen MR) is 98.4 cm³/mol. The molecule has 5 atom stereocenters. The molecular formula is C17H18BrN3O7. The molecule has 1 aromatic rings. The molecule has 1 aliphatic heterocycles. The zero-order valence-corrected chi connectivity index (χ0v) is 16.6. The molecule has 10 nitrogen and oxygen atoms in total. The summed E-state index contributed by atoms with van der Waals surface area (Å²) in [6.07, 6.45) is -3.16. The fourth-order valence-electron chi connectivity index (χ4n) is 2.63. The third-order valence-corrected chi connectivity index (χ3v) is 4.53. The first-order valence-electron chi connectivity index (χ1n) is 8.23. The number of azide groups is 1. The van der Waals surface area contributed by atoms with E-state index in [9.17, 15) is 14.4 Å². The Kier molecular flexibility index (Phi) is 7.80. The smallest absolute Gasteiger partial charge is 0.338 e. The molecule has 1 saturated heterocycles. The van der Waals surface area contributed by atoms with Gasteiger partial charge in [-0.05, 0) is 17.7 Å². The number of esters is 3. The van der Waals surface area contributed by atoms with Crippen LogP contribution in [-0.2, 0) is 28.5 Å². The molecule has 2 rings (SSSR count). The SMILES string of the molecule is CC(=O)OC[C@H]1O[C@H](Br)[C@H](OC(=O)c2ccccc2)[C@@H](N=[N+]=[N-])[C@H]1OC(C)=O. The first-order valence-corrected chi connectivity index (χ1v) is 9.15. The number of carbonyl (C=O) groups excluding carboxylic acids is 3. The van der Waals surface area contributed by atoms with Crippen LogP contribution in [0.2, 0.25) is 0 Å². The van der Waals surface area contributed by atoms with Crippen molar-refractivity contribution in [3.63, 3.8) is 0 Å². The quantitative estimate of drug-likeness (QED) is 0.160. The molecule has 0 bridgehead atoms. The molecule has 11 heteroatoms. The summed E-state index contributed by atoms with van der Waals surface area (Å²) in [4.78, 5) is 37.9. The van der Waals surface area contributed by atoms with Gasteiger partial charge in [0.15, 0.2) is 11.1 Å². The fraction of sp³-hybridized carbons (Fsp3) is 0.471. The highest BCUT2D eigenvalue weighted by molar-refractivity contribution is 9.09. The van der Waals surface area contributed by atoms with E-state index in [1.165, 1.54) is 13.8 Å². The number of alkyl halides is 1. The van der Waals surface area contributed by atoms with Crippen molar-refractivity contribution in [1.82, 2.24) is 0 Å². The normalized spacial score (nSPS) is 26.5. The van der Waals surface area contributed by atoms with Crippen LogP contribution in [0.5, 0.6) is 0 Å². The van der Waals surface area contributed by atoms with Crippen LogP contribution in [0.4, 0.5) is 0 Å². The van der Waals surface area contributed by atoms with Gasteiger partial charge >= 0.3 is 17.9 Å². The van der Waals surface area contributed by atoms with E-state index in [4.69, 9.17) is 24.5 Å². The zero-order valence-electron chi connectivity index (χ0n) is 15.1. The molecule has 0 spiro atoms. The van der Waals surface area contributed by atoms with Crippen LogP contribution in [0.25, 0.3) is 10.4 Å². The van der Waals surface area contributed by atoms with Crippen molar-refractivity contribution >= 4 is 33.8 Å². The minimum atomic E-state index is -1.13. The summed E-state index contributed by atoms with van der Waals surface area (Å²) in [7, 11) is 0. The lowest BCUT2D eigenvalue weighted by atomic mass is 9.97. The summed E-state index contributed by atoms with van der Waals surface area (Å²) < 4.78 is 21.3. The van der Waals surface area contributed by atoms with E-state index >= 15 is 0 Å². The Balaban J connectivity index is 2.28. The Morgan fingerprint density at radius 2 is 1.82 bits per heavy atom. The summed E-state index contributed by atoms with van der Waals surface area (Å²) in [5.41, 5.74) is 9.25. The maximum absolute atomic E-state index is 12.4. The van der Waals surface area contributed by atoms with Crippen molar-refractivity contribution in [3.8, 4) is 0 Å². The molecule has 0 saturated carbocycles. The Labute approximate surface area is 168 Å². The molecule has 28 heavy (non-hydrogen) atoms. The molecule has 150 valence electrons. The number of carbonyl (C=O) groups is 3. The van der Waals surface area contributed by atoms with Crippen molar-refractivity contribution in [1.29, 1.82) is 0 Å². The van der Waals surface area contributed by atoms with Gasteiger partial charge < -0.3 is 18.9 Å². The molecule has 1 fully saturated rings. The number of nitrogens with zero attached hydrogens (tertiary/aromatic N) is 3. The van der Waals surface area contributed by atoms with E-state index in [-0.39, 0.29) is 12.2 Å². The van der Waals surface area contributed by atoms with E-state index in [0.717, 1.165) is 0 Å². The zero-order chi connectivity index (χ0) is 20.7. The van der Waals surface area contributed by atoms with Crippen LogP contribution in [0.15, 0.2) is 35.4 Å². The molecule has 0 unspecified atom stereocenters. The van der Waals surface area contributed by atoms with Crippen LogP contribution in [0, 0.1) is 0 Å². The van der Waals surface area contributed by atoms with E-state index in [2.05, 4.69) is 26.0 Å². The highest BCUT2D eigenvalue weighted by atomic mass is 79.9. The van der Waals surface area contributed by atoms with Crippen molar-refractivity contribution in [2.45, 2.75) is 43.2 Å². The summed E-state index contributed by atoms with van der Waals surface area (Å²) in [6, 6.07) is 7.09. The Morgan fingerprint density at radius 1 is 1.14 bits per heavy atom. The van der Waals surface area contributed by atoms with Crippen LogP contribution in [0.1, 0.15) is 24.2 Å². The van der Waals surface area contributed by atoms with E-state index in [1.807, 2.05) is 0 Å². The predicted octanol–water partition coefficient (Wildman–Crippen LogP) is 2.51. The standard InChI is InChI=1S/C17H18BrN3O7/c1-9(22)25-8-12-14(26-10(2)23)13(20-21-19)15(16(18)27-12)28-17(24)11-6-4-3-5-7-11/h3-7,12-16H,8H2,1-2H3/t12-,13+,14+,15-,16+/m1/s1. The average Bonchev–Trinajstić information content (AvgIpc) is 2.65. The van der Waals surface area contributed by atoms with Gasteiger partial charge in [0.25, 0.3) is 0 Å². The largest absolute Gasteiger partial charge is 0.463 e.